The van der Waals surface area contributed by atoms with Gasteiger partial charge in [-0.05, 0) is 63.1 Å². The van der Waals surface area contributed by atoms with Crippen LogP contribution in [0, 0.1) is 20.8 Å². The van der Waals surface area contributed by atoms with E-state index < -0.39 is 0 Å². The third kappa shape index (κ3) is 4.64. The van der Waals surface area contributed by atoms with Gasteiger partial charge in [0.05, 0.1) is 6.54 Å². The Morgan fingerprint density at radius 1 is 1.05 bits per heavy atom. The van der Waals surface area contributed by atoms with E-state index in [0.29, 0.717) is 6.61 Å². The van der Waals surface area contributed by atoms with E-state index >= 15 is 0 Å². The lowest BCUT2D eigenvalue weighted by Gasteiger charge is -2.07. The van der Waals surface area contributed by atoms with Crippen LogP contribution in [0.15, 0.2) is 28.7 Å². The molecule has 0 atom stereocenters. The maximum absolute atomic E-state index is 5.89. The normalized spacial score (nSPS) is 10.9. The average Bonchev–Trinajstić information content (AvgIpc) is 2.76. The van der Waals surface area contributed by atoms with Crippen molar-refractivity contribution in [3.05, 3.63) is 52.5 Å². The Hall–Kier alpha value is -1.74. The van der Waals surface area contributed by atoms with E-state index in [2.05, 4.69) is 50.4 Å². The summed E-state index contributed by atoms with van der Waals surface area (Å²) in [6, 6.07) is 8.35. The Bertz CT molecular complexity index is 567. The maximum atomic E-state index is 5.89. The molecule has 21 heavy (non-hydrogen) atoms. The van der Waals surface area contributed by atoms with Crippen LogP contribution in [-0.2, 0) is 13.2 Å². The molecule has 3 nitrogen and oxygen atoms in total. The molecule has 114 valence electrons. The van der Waals surface area contributed by atoms with Crippen molar-refractivity contribution in [3.8, 4) is 5.75 Å². The second-order valence-corrected chi connectivity index (χ2v) is 5.58. The summed E-state index contributed by atoms with van der Waals surface area (Å²) in [6.45, 7) is 10.6. The molecule has 0 aliphatic heterocycles. The first-order valence-electron chi connectivity index (χ1n) is 7.58. The van der Waals surface area contributed by atoms with Crippen LogP contribution >= 0.6 is 0 Å². The molecule has 2 rings (SSSR count). The van der Waals surface area contributed by atoms with Crippen molar-refractivity contribution in [2.75, 3.05) is 6.54 Å². The van der Waals surface area contributed by atoms with Gasteiger partial charge in [-0.15, -0.1) is 0 Å². The van der Waals surface area contributed by atoms with Crippen molar-refractivity contribution in [2.45, 2.75) is 47.3 Å². The number of nitrogens with one attached hydrogen (secondary N) is 1. The fraction of sp³-hybridized carbons (Fsp3) is 0.444. The summed E-state index contributed by atoms with van der Waals surface area (Å²) in [5, 5.41) is 3.35. The van der Waals surface area contributed by atoms with E-state index in [-0.39, 0.29) is 0 Å². The van der Waals surface area contributed by atoms with Crippen LogP contribution in [0.5, 0.6) is 5.75 Å². The van der Waals surface area contributed by atoms with Crippen molar-refractivity contribution in [2.24, 2.45) is 0 Å². The molecule has 0 radical (unpaired) electrons. The van der Waals surface area contributed by atoms with Gasteiger partial charge >= 0.3 is 0 Å². The van der Waals surface area contributed by atoms with Crippen LogP contribution in [0.4, 0.5) is 0 Å². The summed E-state index contributed by atoms with van der Waals surface area (Å²) in [5.41, 5.74) is 3.55. The number of rotatable bonds is 7. The molecule has 1 aromatic carbocycles. The van der Waals surface area contributed by atoms with Crippen molar-refractivity contribution in [1.29, 1.82) is 0 Å². The SMILES string of the molecule is CCCNCc1cc(COc2cc(C)cc(C)c2)c(C)o1. The van der Waals surface area contributed by atoms with Gasteiger partial charge in [0.1, 0.15) is 23.9 Å². The monoisotopic (exact) mass is 287 g/mol. The highest BCUT2D eigenvalue weighted by Gasteiger charge is 2.08. The predicted octanol–water partition coefficient (Wildman–Crippen LogP) is 4.28. The first-order valence-corrected chi connectivity index (χ1v) is 7.58. The molecule has 1 aromatic heterocycles. The Balaban J connectivity index is 1.96. The molecular formula is C18H25NO2. The van der Waals surface area contributed by atoms with Crippen molar-refractivity contribution < 1.29 is 9.15 Å². The van der Waals surface area contributed by atoms with E-state index in [1.54, 1.807) is 0 Å². The van der Waals surface area contributed by atoms with Crippen LogP contribution in [0.3, 0.4) is 0 Å². The minimum absolute atomic E-state index is 0.548. The molecule has 2 aromatic rings. The molecule has 0 unspecified atom stereocenters. The fourth-order valence-corrected chi connectivity index (χ4v) is 2.38. The minimum Gasteiger partial charge on any atom is -0.489 e. The zero-order valence-corrected chi connectivity index (χ0v) is 13.5. The number of benzene rings is 1. The van der Waals surface area contributed by atoms with Crippen LogP contribution in [0.1, 0.15) is 41.6 Å². The Morgan fingerprint density at radius 3 is 2.43 bits per heavy atom. The second kappa shape index (κ2) is 7.32. The summed E-state index contributed by atoms with van der Waals surface area (Å²) >= 11 is 0. The van der Waals surface area contributed by atoms with Gasteiger partial charge in [0.15, 0.2) is 0 Å². The number of ether oxygens (including phenoxy) is 1. The topological polar surface area (TPSA) is 34.4 Å². The molecule has 0 aliphatic carbocycles. The van der Waals surface area contributed by atoms with E-state index in [4.69, 9.17) is 9.15 Å². The van der Waals surface area contributed by atoms with Gasteiger partial charge in [-0.3, -0.25) is 0 Å². The zero-order chi connectivity index (χ0) is 15.2. The zero-order valence-electron chi connectivity index (χ0n) is 13.5. The molecule has 0 fully saturated rings. The molecule has 0 saturated carbocycles. The van der Waals surface area contributed by atoms with Gasteiger partial charge in [-0.25, -0.2) is 0 Å². The van der Waals surface area contributed by atoms with Gasteiger partial charge in [0.2, 0.25) is 0 Å². The number of hydrogen-bond donors (Lipinski definition) is 1. The predicted molar refractivity (Wildman–Crippen MR) is 85.7 cm³/mol. The third-order valence-electron chi connectivity index (χ3n) is 3.39. The largest absolute Gasteiger partial charge is 0.489 e. The maximum Gasteiger partial charge on any atom is 0.120 e. The lowest BCUT2D eigenvalue weighted by molar-refractivity contribution is 0.302. The van der Waals surface area contributed by atoms with E-state index in [1.165, 1.54) is 11.1 Å². The Labute approximate surface area is 127 Å². The average molecular weight is 287 g/mol. The second-order valence-electron chi connectivity index (χ2n) is 5.58. The van der Waals surface area contributed by atoms with Crippen molar-refractivity contribution in [3.63, 3.8) is 0 Å². The molecular weight excluding hydrogens is 262 g/mol. The van der Waals surface area contributed by atoms with Gasteiger partial charge in [-0.2, -0.15) is 0 Å². The van der Waals surface area contributed by atoms with Gasteiger partial charge in [-0.1, -0.05) is 13.0 Å². The van der Waals surface area contributed by atoms with E-state index in [9.17, 15) is 0 Å². The summed E-state index contributed by atoms with van der Waals surface area (Å²) in [6.07, 6.45) is 1.13. The van der Waals surface area contributed by atoms with Crippen LogP contribution in [-0.4, -0.2) is 6.54 Å². The van der Waals surface area contributed by atoms with Gasteiger partial charge in [0, 0.05) is 5.56 Å². The lowest BCUT2D eigenvalue weighted by atomic mass is 10.1. The van der Waals surface area contributed by atoms with Crippen molar-refractivity contribution >= 4 is 0 Å². The first kappa shape index (κ1) is 15.6. The smallest absolute Gasteiger partial charge is 0.120 e. The van der Waals surface area contributed by atoms with Gasteiger partial charge in [0.25, 0.3) is 0 Å². The molecule has 1 heterocycles. The van der Waals surface area contributed by atoms with Crippen LogP contribution in [0.2, 0.25) is 0 Å². The van der Waals surface area contributed by atoms with Gasteiger partial charge < -0.3 is 14.5 Å². The lowest BCUT2D eigenvalue weighted by Crippen LogP contribution is -2.13. The molecule has 0 aliphatic rings. The molecule has 3 heteroatoms. The third-order valence-corrected chi connectivity index (χ3v) is 3.39. The molecule has 0 bridgehead atoms. The minimum atomic E-state index is 0.548. The summed E-state index contributed by atoms with van der Waals surface area (Å²) in [7, 11) is 0. The number of hydrogen-bond acceptors (Lipinski definition) is 3. The van der Waals surface area contributed by atoms with E-state index in [1.807, 2.05) is 6.92 Å². The number of aryl methyl sites for hydroxylation is 3. The van der Waals surface area contributed by atoms with Crippen LogP contribution < -0.4 is 10.1 Å². The molecule has 0 spiro atoms. The summed E-state index contributed by atoms with van der Waals surface area (Å²) in [5.74, 6) is 2.83. The molecule has 1 N–H and O–H groups in total. The van der Waals surface area contributed by atoms with Crippen molar-refractivity contribution in [1.82, 2.24) is 5.32 Å². The highest BCUT2D eigenvalue weighted by molar-refractivity contribution is 5.33. The first-order chi connectivity index (χ1) is 10.1. The van der Waals surface area contributed by atoms with Crippen LogP contribution in [0.25, 0.3) is 0 Å². The quantitative estimate of drug-likeness (QED) is 0.772. The Kier molecular flexibility index (Phi) is 5.45. The Morgan fingerprint density at radius 2 is 1.76 bits per heavy atom. The standard InChI is InChI=1S/C18H25NO2/c1-5-6-19-11-18-10-16(15(4)21-18)12-20-17-8-13(2)7-14(3)9-17/h7-10,19H,5-6,11-12H2,1-4H3. The summed E-state index contributed by atoms with van der Waals surface area (Å²) in [4.78, 5) is 0. The summed E-state index contributed by atoms with van der Waals surface area (Å²) < 4.78 is 11.6. The molecule has 0 saturated heterocycles. The number of furan rings is 1. The highest BCUT2D eigenvalue weighted by atomic mass is 16.5. The molecule has 0 amide bonds. The fourth-order valence-electron chi connectivity index (χ4n) is 2.38. The van der Waals surface area contributed by atoms with E-state index in [0.717, 1.165) is 42.3 Å². The highest BCUT2D eigenvalue weighted by Crippen LogP contribution is 2.20.